The Hall–Kier alpha value is -1.68. The van der Waals surface area contributed by atoms with Crippen LogP contribution in [-0.4, -0.2) is 15.8 Å². The lowest BCUT2D eigenvalue weighted by Gasteiger charge is -2.10. The minimum atomic E-state index is -0.192. The Labute approximate surface area is 125 Å². The fourth-order valence-corrected chi connectivity index (χ4v) is 2.62. The van der Waals surface area contributed by atoms with Gasteiger partial charge in [0, 0.05) is 30.9 Å². The van der Waals surface area contributed by atoms with E-state index in [1.807, 2.05) is 23.9 Å². The molecule has 2 aromatic rings. The van der Waals surface area contributed by atoms with E-state index in [-0.39, 0.29) is 5.82 Å². The van der Waals surface area contributed by atoms with E-state index in [0.717, 1.165) is 41.9 Å². The van der Waals surface area contributed by atoms with Gasteiger partial charge >= 0.3 is 0 Å². The lowest BCUT2D eigenvalue weighted by Crippen LogP contribution is -2.16. The van der Waals surface area contributed by atoms with Crippen LogP contribution in [0.3, 0.4) is 0 Å². The molecule has 1 aliphatic rings. The summed E-state index contributed by atoms with van der Waals surface area (Å²) in [6.45, 7) is 5.80. The van der Waals surface area contributed by atoms with Crippen LogP contribution in [0.15, 0.2) is 24.4 Å². The van der Waals surface area contributed by atoms with E-state index in [2.05, 4.69) is 17.3 Å². The second kappa shape index (κ2) is 5.98. The van der Waals surface area contributed by atoms with Crippen LogP contribution in [0.5, 0.6) is 0 Å². The van der Waals surface area contributed by atoms with Gasteiger partial charge in [0.25, 0.3) is 0 Å². The summed E-state index contributed by atoms with van der Waals surface area (Å²) in [6, 6.07) is 5.70. The van der Waals surface area contributed by atoms with Crippen molar-refractivity contribution >= 4 is 0 Å². The first-order valence-electron chi connectivity index (χ1n) is 7.73. The number of benzene rings is 1. The van der Waals surface area contributed by atoms with Crippen LogP contribution in [0.25, 0.3) is 11.1 Å². The van der Waals surface area contributed by atoms with Gasteiger partial charge in [-0.05, 0) is 49.4 Å². The van der Waals surface area contributed by atoms with Crippen LogP contribution in [-0.2, 0) is 13.1 Å². The molecule has 1 saturated carbocycles. The fraction of sp³-hybridized carbons (Fsp3) is 0.471. The average molecular weight is 287 g/mol. The van der Waals surface area contributed by atoms with Gasteiger partial charge in [-0.2, -0.15) is 5.10 Å². The number of hydrogen-bond donors (Lipinski definition) is 1. The zero-order chi connectivity index (χ0) is 14.8. The van der Waals surface area contributed by atoms with Crippen molar-refractivity contribution in [2.45, 2.75) is 52.2 Å². The van der Waals surface area contributed by atoms with Gasteiger partial charge in [-0.1, -0.05) is 13.0 Å². The van der Waals surface area contributed by atoms with Crippen molar-refractivity contribution in [3.63, 3.8) is 0 Å². The van der Waals surface area contributed by atoms with Gasteiger partial charge in [0.05, 0.1) is 5.69 Å². The van der Waals surface area contributed by atoms with Crippen molar-refractivity contribution in [1.29, 1.82) is 0 Å². The molecule has 1 aromatic heterocycles. The largest absolute Gasteiger partial charge is 0.310 e. The van der Waals surface area contributed by atoms with E-state index >= 15 is 0 Å². The number of hydrogen-bond acceptors (Lipinski definition) is 2. The lowest BCUT2D eigenvalue weighted by molar-refractivity contribution is 0.598. The average Bonchev–Trinajstić information content (AvgIpc) is 3.21. The van der Waals surface area contributed by atoms with E-state index in [1.165, 1.54) is 12.8 Å². The van der Waals surface area contributed by atoms with Gasteiger partial charge in [0.1, 0.15) is 5.82 Å². The van der Waals surface area contributed by atoms with E-state index in [1.54, 1.807) is 12.1 Å². The highest BCUT2D eigenvalue weighted by atomic mass is 19.1. The number of halogens is 1. The lowest BCUT2D eigenvalue weighted by atomic mass is 10.00. The minimum Gasteiger partial charge on any atom is -0.310 e. The number of aromatic nitrogens is 2. The predicted molar refractivity (Wildman–Crippen MR) is 82.5 cm³/mol. The molecule has 1 N–H and O–H groups in total. The van der Waals surface area contributed by atoms with Gasteiger partial charge in [-0.25, -0.2) is 4.39 Å². The maximum atomic E-state index is 13.7. The van der Waals surface area contributed by atoms with E-state index in [4.69, 9.17) is 0 Å². The van der Waals surface area contributed by atoms with Gasteiger partial charge in [0.15, 0.2) is 0 Å². The first-order chi connectivity index (χ1) is 10.2. The molecule has 3 rings (SSSR count). The molecule has 1 aromatic carbocycles. The maximum absolute atomic E-state index is 13.7. The Morgan fingerprint density at radius 2 is 2.14 bits per heavy atom. The van der Waals surface area contributed by atoms with E-state index in [0.29, 0.717) is 6.04 Å². The molecule has 0 amide bonds. The van der Waals surface area contributed by atoms with Gasteiger partial charge in [-0.15, -0.1) is 0 Å². The second-order valence-corrected chi connectivity index (χ2v) is 5.85. The fourth-order valence-electron chi connectivity index (χ4n) is 2.62. The molecule has 4 heteroatoms. The standard InChI is InChI=1S/C17H22FN3/c1-3-8-21-11-17(12(2)20-21)16-9-14(18)5-4-13(16)10-19-15-6-7-15/h4-5,9,11,15,19H,3,6-8,10H2,1-2H3. The zero-order valence-corrected chi connectivity index (χ0v) is 12.7. The topological polar surface area (TPSA) is 29.9 Å². The number of nitrogens with one attached hydrogen (secondary N) is 1. The molecule has 112 valence electrons. The number of rotatable bonds is 6. The highest BCUT2D eigenvalue weighted by Gasteiger charge is 2.21. The van der Waals surface area contributed by atoms with Crippen molar-refractivity contribution in [3.8, 4) is 11.1 Å². The Bertz CT molecular complexity index is 629. The summed E-state index contributed by atoms with van der Waals surface area (Å²) in [5.41, 5.74) is 4.10. The highest BCUT2D eigenvalue weighted by molar-refractivity contribution is 5.69. The zero-order valence-electron chi connectivity index (χ0n) is 12.7. The van der Waals surface area contributed by atoms with Crippen LogP contribution < -0.4 is 5.32 Å². The monoisotopic (exact) mass is 287 g/mol. The van der Waals surface area contributed by atoms with Crippen LogP contribution in [0.4, 0.5) is 4.39 Å². The summed E-state index contributed by atoms with van der Waals surface area (Å²) < 4.78 is 15.6. The van der Waals surface area contributed by atoms with Gasteiger partial charge in [0.2, 0.25) is 0 Å². The van der Waals surface area contributed by atoms with Gasteiger partial charge < -0.3 is 5.32 Å². The molecule has 21 heavy (non-hydrogen) atoms. The van der Waals surface area contributed by atoms with Crippen molar-refractivity contribution in [2.24, 2.45) is 0 Å². The molecule has 0 unspecified atom stereocenters. The van der Waals surface area contributed by atoms with Gasteiger partial charge in [-0.3, -0.25) is 4.68 Å². The molecule has 1 heterocycles. The van der Waals surface area contributed by atoms with Crippen LogP contribution in [0.2, 0.25) is 0 Å². The summed E-state index contributed by atoms with van der Waals surface area (Å²) in [7, 11) is 0. The highest BCUT2D eigenvalue weighted by Crippen LogP contribution is 2.28. The summed E-state index contributed by atoms with van der Waals surface area (Å²) in [5, 5.41) is 8.03. The van der Waals surface area contributed by atoms with Crippen LogP contribution in [0, 0.1) is 12.7 Å². The number of nitrogens with zero attached hydrogens (tertiary/aromatic N) is 2. The quantitative estimate of drug-likeness (QED) is 0.878. The molecular weight excluding hydrogens is 265 g/mol. The summed E-state index contributed by atoms with van der Waals surface area (Å²) in [6.07, 6.45) is 5.59. The Balaban J connectivity index is 1.92. The summed E-state index contributed by atoms with van der Waals surface area (Å²) in [5.74, 6) is -0.192. The van der Waals surface area contributed by atoms with Crippen molar-refractivity contribution in [1.82, 2.24) is 15.1 Å². The number of aryl methyl sites for hydroxylation is 2. The molecule has 1 aliphatic carbocycles. The normalized spacial score (nSPS) is 14.6. The SMILES string of the molecule is CCCn1cc(-c2cc(F)ccc2CNC2CC2)c(C)n1. The molecule has 0 radical (unpaired) electrons. The molecule has 0 saturated heterocycles. The molecule has 0 atom stereocenters. The molecule has 1 fully saturated rings. The third kappa shape index (κ3) is 3.32. The van der Waals surface area contributed by atoms with Crippen LogP contribution in [0.1, 0.15) is 37.4 Å². The molecule has 0 aliphatic heterocycles. The van der Waals surface area contributed by atoms with Crippen molar-refractivity contribution in [2.75, 3.05) is 0 Å². The predicted octanol–water partition coefficient (Wildman–Crippen LogP) is 3.66. The Morgan fingerprint density at radius 1 is 1.33 bits per heavy atom. The van der Waals surface area contributed by atoms with Crippen molar-refractivity contribution in [3.05, 3.63) is 41.5 Å². The molecule has 0 spiro atoms. The minimum absolute atomic E-state index is 0.192. The second-order valence-electron chi connectivity index (χ2n) is 5.85. The molecule has 0 bridgehead atoms. The molecular formula is C17H22FN3. The van der Waals surface area contributed by atoms with E-state index < -0.39 is 0 Å². The Morgan fingerprint density at radius 3 is 2.86 bits per heavy atom. The summed E-state index contributed by atoms with van der Waals surface area (Å²) >= 11 is 0. The molecule has 3 nitrogen and oxygen atoms in total. The first-order valence-corrected chi connectivity index (χ1v) is 7.73. The third-order valence-electron chi connectivity index (χ3n) is 3.92. The third-order valence-corrected chi connectivity index (χ3v) is 3.92. The first kappa shape index (κ1) is 14.3. The smallest absolute Gasteiger partial charge is 0.123 e. The van der Waals surface area contributed by atoms with E-state index in [9.17, 15) is 4.39 Å². The van der Waals surface area contributed by atoms with Crippen molar-refractivity contribution < 1.29 is 4.39 Å². The summed E-state index contributed by atoms with van der Waals surface area (Å²) in [4.78, 5) is 0. The Kier molecular flexibility index (Phi) is 4.06. The van der Waals surface area contributed by atoms with Crippen LogP contribution >= 0.6 is 0 Å². The maximum Gasteiger partial charge on any atom is 0.123 e.